The van der Waals surface area contributed by atoms with Crippen LogP contribution in [-0.2, 0) is 6.54 Å². The van der Waals surface area contributed by atoms with E-state index in [2.05, 4.69) is 35.1 Å². The zero-order chi connectivity index (χ0) is 12.1. The van der Waals surface area contributed by atoms with E-state index in [1.165, 1.54) is 10.9 Å². The number of nitrogens with zero attached hydrogens (tertiary/aromatic N) is 1. The third kappa shape index (κ3) is 2.61. The first-order valence-corrected chi connectivity index (χ1v) is 6.19. The number of ether oxygens (including phenoxy) is 1. The molecule has 17 heavy (non-hydrogen) atoms. The van der Waals surface area contributed by atoms with Crippen LogP contribution in [0.25, 0.3) is 10.9 Å². The van der Waals surface area contributed by atoms with Gasteiger partial charge in [-0.05, 0) is 37.7 Å². The Morgan fingerprint density at radius 2 is 2.18 bits per heavy atom. The third-order valence-electron chi connectivity index (χ3n) is 3.00. The van der Waals surface area contributed by atoms with Gasteiger partial charge in [-0.2, -0.15) is 0 Å². The molecule has 0 aliphatic rings. The zero-order valence-electron chi connectivity index (χ0n) is 10.6. The van der Waals surface area contributed by atoms with Crippen LogP contribution in [0.2, 0.25) is 0 Å². The van der Waals surface area contributed by atoms with Crippen LogP contribution in [0.1, 0.15) is 13.3 Å². The molecule has 1 heterocycles. The van der Waals surface area contributed by atoms with Gasteiger partial charge in [-0.15, -0.1) is 0 Å². The Kier molecular flexibility index (Phi) is 4.04. The van der Waals surface area contributed by atoms with Crippen LogP contribution in [0.5, 0.6) is 5.75 Å². The smallest absolute Gasteiger partial charge is 0.128 e. The van der Waals surface area contributed by atoms with E-state index in [0.717, 1.165) is 31.8 Å². The van der Waals surface area contributed by atoms with E-state index in [0.29, 0.717) is 0 Å². The van der Waals surface area contributed by atoms with E-state index in [-0.39, 0.29) is 0 Å². The van der Waals surface area contributed by atoms with Crippen molar-refractivity contribution in [2.75, 3.05) is 20.2 Å². The SMILES string of the molecule is CCNCCCn1ccc2c(OC)cccc21. The van der Waals surface area contributed by atoms with Gasteiger partial charge in [-0.1, -0.05) is 13.0 Å². The molecule has 3 heteroatoms. The second-order valence-corrected chi connectivity index (χ2v) is 4.11. The van der Waals surface area contributed by atoms with Crippen LogP contribution >= 0.6 is 0 Å². The molecule has 0 amide bonds. The van der Waals surface area contributed by atoms with Gasteiger partial charge in [0.1, 0.15) is 5.75 Å². The first-order chi connectivity index (χ1) is 8.36. The second kappa shape index (κ2) is 5.73. The van der Waals surface area contributed by atoms with Crippen LogP contribution in [-0.4, -0.2) is 24.8 Å². The van der Waals surface area contributed by atoms with Crippen LogP contribution in [0.15, 0.2) is 30.5 Å². The minimum Gasteiger partial charge on any atom is -0.496 e. The van der Waals surface area contributed by atoms with Gasteiger partial charge in [0.2, 0.25) is 0 Å². The molecule has 0 aliphatic heterocycles. The number of methoxy groups -OCH3 is 1. The molecule has 92 valence electrons. The van der Waals surface area contributed by atoms with E-state index in [1.807, 2.05) is 12.1 Å². The van der Waals surface area contributed by atoms with Crippen molar-refractivity contribution in [3.05, 3.63) is 30.5 Å². The fraction of sp³-hybridized carbons (Fsp3) is 0.429. The maximum atomic E-state index is 5.36. The molecule has 0 spiro atoms. The molecule has 0 atom stereocenters. The van der Waals surface area contributed by atoms with Crippen LogP contribution < -0.4 is 10.1 Å². The molecular weight excluding hydrogens is 212 g/mol. The number of hydrogen-bond acceptors (Lipinski definition) is 2. The molecular formula is C14H20N2O. The van der Waals surface area contributed by atoms with E-state index < -0.39 is 0 Å². The predicted molar refractivity (Wildman–Crippen MR) is 71.7 cm³/mol. The Hall–Kier alpha value is -1.48. The van der Waals surface area contributed by atoms with Crippen molar-refractivity contribution in [2.45, 2.75) is 19.9 Å². The van der Waals surface area contributed by atoms with Crippen molar-refractivity contribution in [1.29, 1.82) is 0 Å². The lowest BCUT2D eigenvalue weighted by molar-refractivity contribution is 0.420. The van der Waals surface area contributed by atoms with E-state index in [4.69, 9.17) is 4.74 Å². The summed E-state index contributed by atoms with van der Waals surface area (Å²) in [6, 6.07) is 8.32. The van der Waals surface area contributed by atoms with Gasteiger partial charge in [0.05, 0.1) is 12.6 Å². The Labute approximate surface area is 102 Å². The van der Waals surface area contributed by atoms with Crippen molar-refractivity contribution in [3.8, 4) is 5.75 Å². The number of nitrogens with one attached hydrogen (secondary N) is 1. The molecule has 0 saturated heterocycles. The molecule has 0 radical (unpaired) electrons. The van der Waals surface area contributed by atoms with Crippen LogP contribution in [0.4, 0.5) is 0 Å². The summed E-state index contributed by atoms with van der Waals surface area (Å²) in [5.74, 6) is 0.952. The van der Waals surface area contributed by atoms with Gasteiger partial charge >= 0.3 is 0 Å². The number of rotatable bonds is 6. The van der Waals surface area contributed by atoms with Gasteiger partial charge in [-0.3, -0.25) is 0 Å². The first-order valence-electron chi connectivity index (χ1n) is 6.19. The molecule has 2 rings (SSSR count). The highest BCUT2D eigenvalue weighted by molar-refractivity contribution is 5.86. The lowest BCUT2D eigenvalue weighted by Crippen LogP contribution is -2.15. The largest absolute Gasteiger partial charge is 0.496 e. The lowest BCUT2D eigenvalue weighted by atomic mass is 10.2. The highest BCUT2D eigenvalue weighted by Gasteiger charge is 2.04. The average molecular weight is 232 g/mol. The summed E-state index contributed by atoms with van der Waals surface area (Å²) in [7, 11) is 1.72. The molecule has 0 unspecified atom stereocenters. The highest BCUT2D eigenvalue weighted by Crippen LogP contribution is 2.26. The summed E-state index contributed by atoms with van der Waals surface area (Å²) >= 11 is 0. The van der Waals surface area contributed by atoms with Gasteiger partial charge in [-0.25, -0.2) is 0 Å². The maximum absolute atomic E-state index is 5.36. The standard InChI is InChI=1S/C14H20N2O/c1-3-15-9-5-10-16-11-8-12-13(16)6-4-7-14(12)17-2/h4,6-8,11,15H,3,5,9-10H2,1-2H3. The fourth-order valence-electron chi connectivity index (χ4n) is 2.12. The van der Waals surface area contributed by atoms with Gasteiger partial charge in [0.25, 0.3) is 0 Å². The summed E-state index contributed by atoms with van der Waals surface area (Å²) in [6.07, 6.45) is 3.29. The van der Waals surface area contributed by atoms with Crippen molar-refractivity contribution in [3.63, 3.8) is 0 Å². The lowest BCUT2D eigenvalue weighted by Gasteiger charge is -2.07. The average Bonchev–Trinajstić information content (AvgIpc) is 2.78. The Morgan fingerprint density at radius 3 is 2.94 bits per heavy atom. The number of hydrogen-bond donors (Lipinski definition) is 1. The third-order valence-corrected chi connectivity index (χ3v) is 3.00. The van der Waals surface area contributed by atoms with Crippen molar-refractivity contribution >= 4 is 10.9 Å². The summed E-state index contributed by atoms with van der Waals surface area (Å²) in [6.45, 7) is 5.29. The molecule has 0 bridgehead atoms. The van der Waals surface area contributed by atoms with Gasteiger partial charge in [0.15, 0.2) is 0 Å². The molecule has 0 aliphatic carbocycles. The first kappa shape index (κ1) is 12.0. The van der Waals surface area contributed by atoms with Crippen molar-refractivity contribution in [2.24, 2.45) is 0 Å². The van der Waals surface area contributed by atoms with E-state index in [1.54, 1.807) is 7.11 Å². The fourth-order valence-corrected chi connectivity index (χ4v) is 2.12. The monoisotopic (exact) mass is 232 g/mol. The molecule has 1 aromatic carbocycles. The number of aromatic nitrogens is 1. The Morgan fingerprint density at radius 1 is 1.29 bits per heavy atom. The predicted octanol–water partition coefficient (Wildman–Crippen LogP) is 2.65. The molecule has 0 fully saturated rings. The van der Waals surface area contributed by atoms with Crippen LogP contribution in [0.3, 0.4) is 0 Å². The van der Waals surface area contributed by atoms with E-state index >= 15 is 0 Å². The normalized spacial score (nSPS) is 10.9. The van der Waals surface area contributed by atoms with Gasteiger partial charge < -0.3 is 14.6 Å². The number of aryl methyl sites for hydroxylation is 1. The molecule has 1 N–H and O–H groups in total. The minimum absolute atomic E-state index is 0.952. The van der Waals surface area contributed by atoms with E-state index in [9.17, 15) is 0 Å². The highest BCUT2D eigenvalue weighted by atomic mass is 16.5. The van der Waals surface area contributed by atoms with Crippen molar-refractivity contribution < 1.29 is 4.74 Å². The summed E-state index contributed by atoms with van der Waals surface area (Å²) in [4.78, 5) is 0. The molecule has 3 nitrogen and oxygen atoms in total. The second-order valence-electron chi connectivity index (χ2n) is 4.11. The Balaban J connectivity index is 2.13. The number of benzene rings is 1. The zero-order valence-corrected chi connectivity index (χ0v) is 10.6. The molecule has 0 saturated carbocycles. The summed E-state index contributed by atoms with van der Waals surface area (Å²) in [5.41, 5.74) is 1.25. The quantitative estimate of drug-likeness (QED) is 0.775. The molecule has 2 aromatic rings. The number of fused-ring (bicyclic) bond motifs is 1. The van der Waals surface area contributed by atoms with Crippen LogP contribution in [0, 0.1) is 0 Å². The maximum Gasteiger partial charge on any atom is 0.128 e. The van der Waals surface area contributed by atoms with Crippen molar-refractivity contribution in [1.82, 2.24) is 9.88 Å². The summed E-state index contributed by atoms with van der Waals surface area (Å²) in [5, 5.41) is 4.54. The van der Waals surface area contributed by atoms with Gasteiger partial charge in [0, 0.05) is 18.1 Å². The molecule has 1 aromatic heterocycles. The topological polar surface area (TPSA) is 26.2 Å². The summed E-state index contributed by atoms with van der Waals surface area (Å²) < 4.78 is 7.65. The Bertz CT molecular complexity index is 476. The minimum atomic E-state index is 0.952.